The largest absolute Gasteiger partial charge is 0.480 e. The standard InChI is InChI=1S/C14H24N2O4/c1-8-3-9(2)5-10(4-8)15-14(20)16-7-11(17)6-12(16)13(18)19/h8-12,17H,3-7H2,1-2H3,(H,15,20)(H,18,19). The van der Waals surface area contributed by atoms with Gasteiger partial charge >= 0.3 is 12.0 Å². The fourth-order valence-electron chi connectivity index (χ4n) is 3.59. The first-order valence-electron chi connectivity index (χ1n) is 7.34. The number of nitrogens with one attached hydrogen (secondary N) is 1. The number of carbonyl (C=O) groups is 2. The van der Waals surface area contributed by atoms with Crippen molar-refractivity contribution in [2.24, 2.45) is 11.8 Å². The average Bonchev–Trinajstić information content (AvgIpc) is 2.70. The Balaban J connectivity index is 1.95. The van der Waals surface area contributed by atoms with Crippen molar-refractivity contribution >= 4 is 12.0 Å². The van der Waals surface area contributed by atoms with E-state index in [-0.39, 0.29) is 25.0 Å². The zero-order valence-corrected chi connectivity index (χ0v) is 12.1. The van der Waals surface area contributed by atoms with Gasteiger partial charge in [-0.05, 0) is 31.1 Å². The number of hydrogen-bond donors (Lipinski definition) is 3. The minimum absolute atomic E-state index is 0.0978. The van der Waals surface area contributed by atoms with E-state index in [2.05, 4.69) is 19.2 Å². The summed E-state index contributed by atoms with van der Waals surface area (Å²) < 4.78 is 0. The van der Waals surface area contributed by atoms with Crippen LogP contribution in [-0.4, -0.2) is 51.8 Å². The van der Waals surface area contributed by atoms with Crippen LogP contribution < -0.4 is 5.32 Å². The Bertz CT molecular complexity index is 377. The van der Waals surface area contributed by atoms with Crippen LogP contribution in [0.2, 0.25) is 0 Å². The number of nitrogens with zero attached hydrogens (tertiary/aromatic N) is 1. The van der Waals surface area contributed by atoms with Crippen molar-refractivity contribution in [3.8, 4) is 0 Å². The number of aliphatic hydroxyl groups excluding tert-OH is 1. The lowest BCUT2D eigenvalue weighted by Gasteiger charge is -2.33. The van der Waals surface area contributed by atoms with Crippen LogP contribution in [0.15, 0.2) is 0 Å². The van der Waals surface area contributed by atoms with Crippen LogP contribution in [0, 0.1) is 11.8 Å². The summed E-state index contributed by atoms with van der Waals surface area (Å²) in [7, 11) is 0. The van der Waals surface area contributed by atoms with Gasteiger partial charge in [0.1, 0.15) is 6.04 Å². The maximum Gasteiger partial charge on any atom is 0.326 e. The molecule has 4 atom stereocenters. The van der Waals surface area contributed by atoms with E-state index >= 15 is 0 Å². The van der Waals surface area contributed by atoms with Gasteiger partial charge in [0.2, 0.25) is 0 Å². The zero-order chi connectivity index (χ0) is 14.9. The minimum atomic E-state index is -1.05. The maximum atomic E-state index is 12.2. The Hall–Kier alpha value is -1.30. The van der Waals surface area contributed by atoms with Crippen molar-refractivity contribution in [1.82, 2.24) is 10.2 Å². The normalized spacial score (nSPS) is 37.8. The lowest BCUT2D eigenvalue weighted by atomic mass is 9.80. The lowest BCUT2D eigenvalue weighted by Crippen LogP contribution is -2.50. The molecule has 2 rings (SSSR count). The summed E-state index contributed by atoms with van der Waals surface area (Å²) in [5.74, 6) is 0.0917. The van der Waals surface area contributed by atoms with Crippen molar-refractivity contribution < 1.29 is 19.8 Å². The summed E-state index contributed by atoms with van der Waals surface area (Å²) in [6.45, 7) is 4.45. The molecule has 6 heteroatoms. The molecule has 2 amide bonds. The van der Waals surface area contributed by atoms with Crippen molar-refractivity contribution in [1.29, 1.82) is 0 Å². The SMILES string of the molecule is CC1CC(C)CC(NC(=O)N2CC(O)CC2C(=O)O)C1. The highest BCUT2D eigenvalue weighted by Gasteiger charge is 2.39. The Morgan fingerprint density at radius 3 is 2.25 bits per heavy atom. The molecule has 2 aliphatic rings. The van der Waals surface area contributed by atoms with E-state index in [1.807, 2.05) is 0 Å². The van der Waals surface area contributed by atoms with Crippen molar-refractivity contribution in [2.45, 2.75) is 57.7 Å². The Kier molecular flexibility index (Phi) is 4.52. The first-order chi connectivity index (χ1) is 9.36. The second kappa shape index (κ2) is 5.99. The van der Waals surface area contributed by atoms with Crippen LogP contribution in [0.3, 0.4) is 0 Å². The molecule has 2 fully saturated rings. The maximum absolute atomic E-state index is 12.2. The molecular formula is C14H24N2O4. The van der Waals surface area contributed by atoms with Gasteiger partial charge in [-0.3, -0.25) is 0 Å². The van der Waals surface area contributed by atoms with Gasteiger partial charge in [-0.25, -0.2) is 9.59 Å². The first kappa shape index (κ1) is 15.1. The molecule has 0 spiro atoms. The third kappa shape index (κ3) is 3.42. The fourth-order valence-corrected chi connectivity index (χ4v) is 3.59. The van der Waals surface area contributed by atoms with E-state index in [0.29, 0.717) is 11.8 Å². The number of amides is 2. The Labute approximate surface area is 119 Å². The number of carboxylic acids is 1. The molecule has 20 heavy (non-hydrogen) atoms. The van der Waals surface area contributed by atoms with Crippen LogP contribution in [-0.2, 0) is 4.79 Å². The summed E-state index contributed by atoms with van der Waals surface area (Å²) >= 11 is 0. The third-order valence-corrected chi connectivity index (χ3v) is 4.33. The fraction of sp³-hybridized carbons (Fsp3) is 0.857. The van der Waals surface area contributed by atoms with Crippen LogP contribution >= 0.6 is 0 Å². The van der Waals surface area contributed by atoms with Crippen molar-refractivity contribution in [3.05, 3.63) is 0 Å². The molecule has 1 saturated heterocycles. The molecule has 114 valence electrons. The van der Waals surface area contributed by atoms with Gasteiger partial charge in [-0.1, -0.05) is 13.8 Å². The second-order valence-corrected chi connectivity index (χ2v) is 6.46. The monoisotopic (exact) mass is 284 g/mol. The van der Waals surface area contributed by atoms with E-state index in [1.54, 1.807) is 0 Å². The number of β-amino-alcohol motifs (C(OH)–C–C–N with tert-alkyl or cyclic N) is 1. The number of aliphatic hydroxyl groups is 1. The van der Waals surface area contributed by atoms with E-state index in [1.165, 1.54) is 11.3 Å². The molecule has 0 aromatic carbocycles. The van der Waals surface area contributed by atoms with Crippen molar-refractivity contribution in [2.75, 3.05) is 6.54 Å². The molecule has 1 heterocycles. The molecular weight excluding hydrogens is 260 g/mol. The average molecular weight is 284 g/mol. The Morgan fingerprint density at radius 1 is 1.10 bits per heavy atom. The molecule has 1 aliphatic heterocycles. The smallest absolute Gasteiger partial charge is 0.326 e. The van der Waals surface area contributed by atoms with Gasteiger partial charge in [0, 0.05) is 19.0 Å². The second-order valence-electron chi connectivity index (χ2n) is 6.46. The van der Waals surface area contributed by atoms with Crippen molar-refractivity contribution in [3.63, 3.8) is 0 Å². The predicted octanol–water partition coefficient (Wildman–Crippen LogP) is 1.04. The van der Waals surface area contributed by atoms with Gasteiger partial charge < -0.3 is 20.4 Å². The van der Waals surface area contributed by atoms with Crippen LogP contribution in [0.25, 0.3) is 0 Å². The van der Waals surface area contributed by atoms with Crippen LogP contribution in [0.4, 0.5) is 4.79 Å². The first-order valence-corrected chi connectivity index (χ1v) is 7.34. The third-order valence-electron chi connectivity index (χ3n) is 4.33. The Morgan fingerprint density at radius 2 is 1.70 bits per heavy atom. The summed E-state index contributed by atoms with van der Waals surface area (Å²) in [6, 6.07) is -1.17. The minimum Gasteiger partial charge on any atom is -0.480 e. The molecule has 3 N–H and O–H groups in total. The molecule has 6 nitrogen and oxygen atoms in total. The molecule has 1 aliphatic carbocycles. The van der Waals surface area contributed by atoms with E-state index in [4.69, 9.17) is 5.11 Å². The quantitative estimate of drug-likeness (QED) is 0.707. The molecule has 0 radical (unpaired) electrons. The number of urea groups is 1. The number of likely N-dealkylation sites (tertiary alicyclic amines) is 1. The molecule has 0 aromatic heterocycles. The molecule has 0 aromatic rings. The van der Waals surface area contributed by atoms with Gasteiger partial charge in [0.05, 0.1) is 6.10 Å². The number of carboxylic acid groups (broad SMARTS) is 1. The molecule has 1 saturated carbocycles. The summed E-state index contributed by atoms with van der Waals surface area (Å²) in [5.41, 5.74) is 0. The highest BCUT2D eigenvalue weighted by atomic mass is 16.4. The van der Waals surface area contributed by atoms with Gasteiger partial charge in [-0.2, -0.15) is 0 Å². The number of carbonyl (C=O) groups excluding carboxylic acids is 1. The number of rotatable bonds is 2. The van der Waals surface area contributed by atoms with Gasteiger partial charge in [0.15, 0.2) is 0 Å². The highest BCUT2D eigenvalue weighted by Crippen LogP contribution is 2.29. The summed E-state index contributed by atoms with van der Waals surface area (Å²) in [4.78, 5) is 24.6. The number of aliphatic carboxylic acids is 1. The van der Waals surface area contributed by atoms with E-state index in [0.717, 1.165) is 12.8 Å². The van der Waals surface area contributed by atoms with E-state index in [9.17, 15) is 14.7 Å². The highest BCUT2D eigenvalue weighted by molar-refractivity contribution is 5.83. The predicted molar refractivity (Wildman–Crippen MR) is 73.3 cm³/mol. The number of hydrogen-bond acceptors (Lipinski definition) is 3. The van der Waals surface area contributed by atoms with Gasteiger partial charge in [-0.15, -0.1) is 0 Å². The van der Waals surface area contributed by atoms with Crippen LogP contribution in [0.5, 0.6) is 0 Å². The van der Waals surface area contributed by atoms with Crippen LogP contribution in [0.1, 0.15) is 39.5 Å². The topological polar surface area (TPSA) is 89.9 Å². The zero-order valence-electron chi connectivity index (χ0n) is 12.1. The summed E-state index contributed by atoms with van der Waals surface area (Å²) in [5, 5.41) is 21.6. The summed E-state index contributed by atoms with van der Waals surface area (Å²) in [6.07, 6.45) is 2.41. The lowest BCUT2D eigenvalue weighted by molar-refractivity contribution is -0.141. The van der Waals surface area contributed by atoms with E-state index < -0.39 is 18.1 Å². The molecule has 4 unspecified atom stereocenters. The molecule has 0 bridgehead atoms. The van der Waals surface area contributed by atoms with Gasteiger partial charge in [0.25, 0.3) is 0 Å².